The minimum Gasteiger partial charge on any atom is -0.618 e. The van der Waals surface area contributed by atoms with Gasteiger partial charge in [0.15, 0.2) is 0 Å². The average Bonchev–Trinajstić information content (AvgIpc) is 2.44. The minimum atomic E-state index is -2.46. The van der Waals surface area contributed by atoms with E-state index >= 15 is 0 Å². The molecule has 0 aliphatic carbocycles. The summed E-state index contributed by atoms with van der Waals surface area (Å²) < 4.78 is 0.463. The molecule has 0 radical (unpaired) electrons. The lowest BCUT2D eigenvalue weighted by molar-refractivity contribution is -0.646. The molecule has 2 rings (SSSR count). The van der Waals surface area contributed by atoms with Gasteiger partial charge in [-0.25, -0.2) is 4.79 Å². The topological polar surface area (TPSA) is 155 Å². The summed E-state index contributed by atoms with van der Waals surface area (Å²) in [5, 5.41) is 54.0. The van der Waals surface area contributed by atoms with E-state index in [0.717, 1.165) is 0 Å². The van der Waals surface area contributed by atoms with Gasteiger partial charge in [-0.3, -0.25) is 10.1 Å². The molecule has 1 aromatic heterocycles. The van der Waals surface area contributed by atoms with Crippen molar-refractivity contribution in [3.05, 3.63) is 56.2 Å². The summed E-state index contributed by atoms with van der Waals surface area (Å²) in [6.07, 6.45) is -2.27. The molecule has 0 spiro atoms. The predicted molar refractivity (Wildman–Crippen MR) is 70.0 cm³/mol. The zero-order valence-electron chi connectivity index (χ0n) is 11.2. The van der Waals surface area contributed by atoms with Gasteiger partial charge in [-0.2, -0.15) is 9.46 Å². The molecule has 10 heteroatoms. The first-order valence-electron chi connectivity index (χ1n) is 6.06. The molecule has 0 saturated carbocycles. The molecular formula is C12H11N3O7. The number of nitrogens with zero attached hydrogens (tertiary/aromatic N) is 3. The maximum Gasteiger partial charge on any atom is 0.382 e. The lowest BCUT2D eigenvalue weighted by Crippen LogP contribution is -2.49. The van der Waals surface area contributed by atoms with Crippen LogP contribution in [0.25, 0.3) is 11.0 Å². The van der Waals surface area contributed by atoms with Crippen LogP contribution >= 0.6 is 0 Å². The highest BCUT2D eigenvalue weighted by molar-refractivity contribution is 5.73. The first-order valence-corrected chi connectivity index (χ1v) is 6.06. The SMILES string of the molecule is Cc1c(C(O)C(C(=O)O)[N+](=O)[O-])[n+]([O-])c2ccccc2[n+]1[O-]. The van der Waals surface area contributed by atoms with E-state index in [1.165, 1.54) is 31.2 Å². The molecule has 22 heavy (non-hydrogen) atoms. The van der Waals surface area contributed by atoms with Gasteiger partial charge in [-0.15, -0.1) is 0 Å². The number of carboxylic acids is 1. The molecule has 2 N–H and O–H groups in total. The van der Waals surface area contributed by atoms with Crippen LogP contribution in [0.2, 0.25) is 0 Å². The van der Waals surface area contributed by atoms with Gasteiger partial charge < -0.3 is 20.6 Å². The van der Waals surface area contributed by atoms with Crippen molar-refractivity contribution in [2.45, 2.75) is 19.1 Å². The number of rotatable bonds is 4. The number of benzene rings is 1. The van der Waals surface area contributed by atoms with Crippen LogP contribution < -0.4 is 9.46 Å². The van der Waals surface area contributed by atoms with Crippen molar-refractivity contribution in [3.63, 3.8) is 0 Å². The van der Waals surface area contributed by atoms with E-state index in [2.05, 4.69) is 0 Å². The molecule has 0 saturated heterocycles. The van der Waals surface area contributed by atoms with Crippen LogP contribution in [-0.4, -0.2) is 27.1 Å². The second-order valence-corrected chi connectivity index (χ2v) is 4.56. The van der Waals surface area contributed by atoms with E-state index in [4.69, 9.17) is 5.11 Å². The van der Waals surface area contributed by atoms with Crippen molar-refractivity contribution in [1.29, 1.82) is 0 Å². The summed E-state index contributed by atoms with van der Waals surface area (Å²) in [6, 6.07) is 3.17. The molecule has 1 heterocycles. The van der Waals surface area contributed by atoms with E-state index in [-0.39, 0.29) is 21.5 Å². The molecule has 0 bridgehead atoms. The van der Waals surface area contributed by atoms with Crippen molar-refractivity contribution in [2.75, 3.05) is 0 Å². The summed E-state index contributed by atoms with van der Waals surface area (Å²) in [5.74, 6) is -1.91. The predicted octanol–water partition coefficient (Wildman–Crippen LogP) is -0.822. The smallest absolute Gasteiger partial charge is 0.382 e. The van der Waals surface area contributed by atoms with Crippen LogP contribution in [0.4, 0.5) is 0 Å². The third-order valence-corrected chi connectivity index (χ3v) is 3.27. The summed E-state index contributed by atoms with van der Waals surface area (Å²) >= 11 is 0. The number of hydrogen-bond donors (Lipinski definition) is 2. The Morgan fingerprint density at radius 3 is 2.18 bits per heavy atom. The van der Waals surface area contributed by atoms with E-state index in [0.29, 0.717) is 4.73 Å². The number of fused-ring (bicyclic) bond motifs is 1. The molecule has 0 amide bonds. The van der Waals surface area contributed by atoms with Crippen LogP contribution in [0.1, 0.15) is 17.5 Å². The molecule has 0 aliphatic rings. The van der Waals surface area contributed by atoms with Gasteiger partial charge in [0, 0.05) is 24.0 Å². The zero-order valence-corrected chi connectivity index (χ0v) is 11.2. The molecule has 0 fully saturated rings. The maximum absolute atomic E-state index is 12.3. The number of carboxylic acid groups (broad SMARTS) is 1. The number of aromatic nitrogens is 2. The average molecular weight is 309 g/mol. The Morgan fingerprint density at radius 1 is 1.23 bits per heavy atom. The molecule has 2 atom stereocenters. The summed E-state index contributed by atoms with van der Waals surface area (Å²) in [4.78, 5) is 20.5. The number of aliphatic hydroxyl groups is 1. The van der Waals surface area contributed by atoms with Crippen molar-refractivity contribution >= 4 is 17.0 Å². The molecule has 10 nitrogen and oxygen atoms in total. The van der Waals surface area contributed by atoms with Crippen LogP contribution in [0.15, 0.2) is 24.3 Å². The summed E-state index contributed by atoms with van der Waals surface area (Å²) in [6.45, 7) is 1.17. The Balaban J connectivity index is 2.75. The molecular weight excluding hydrogens is 298 g/mol. The number of para-hydroxylation sites is 2. The number of aliphatic hydroxyl groups excluding tert-OH is 1. The number of aliphatic carboxylic acids is 1. The van der Waals surface area contributed by atoms with E-state index in [1.54, 1.807) is 0 Å². The van der Waals surface area contributed by atoms with Gasteiger partial charge in [0.25, 0.3) is 22.4 Å². The van der Waals surface area contributed by atoms with Crippen molar-refractivity contribution < 1.29 is 29.4 Å². The summed E-state index contributed by atoms with van der Waals surface area (Å²) in [7, 11) is 0. The van der Waals surface area contributed by atoms with Gasteiger partial charge in [0.05, 0.1) is 0 Å². The quantitative estimate of drug-likeness (QED) is 0.323. The van der Waals surface area contributed by atoms with Gasteiger partial charge in [-0.1, -0.05) is 12.1 Å². The van der Waals surface area contributed by atoms with Crippen LogP contribution in [0.5, 0.6) is 0 Å². The largest absolute Gasteiger partial charge is 0.618 e. The summed E-state index contributed by atoms with van der Waals surface area (Å²) in [5.41, 5.74) is -1.12. The van der Waals surface area contributed by atoms with Crippen LogP contribution in [0, 0.1) is 27.5 Å². The number of carbonyl (C=O) groups is 1. The normalized spacial score (nSPS) is 13.7. The Labute approximate surface area is 122 Å². The molecule has 116 valence electrons. The monoisotopic (exact) mass is 309 g/mol. The standard InChI is InChI=1S/C12H11N3O7/c1-6-9(11(16)10(12(17)18)15(21)22)14(20)8-5-3-2-4-7(8)13(6)19/h2-5,10-11,16H,1H3,(H,17,18). The number of nitro groups is 1. The number of hydrogen-bond acceptors (Lipinski definition) is 6. The van der Waals surface area contributed by atoms with Crippen molar-refractivity contribution in [3.8, 4) is 0 Å². The third-order valence-electron chi connectivity index (χ3n) is 3.27. The van der Waals surface area contributed by atoms with Gasteiger partial charge in [0.1, 0.15) is 0 Å². The van der Waals surface area contributed by atoms with Crippen LogP contribution in [-0.2, 0) is 4.79 Å². The molecule has 1 aromatic carbocycles. The second kappa shape index (κ2) is 5.41. The van der Waals surface area contributed by atoms with E-state index in [1.807, 2.05) is 0 Å². The fourth-order valence-corrected chi connectivity index (χ4v) is 2.19. The Bertz CT molecular complexity index is 763. The van der Waals surface area contributed by atoms with E-state index < -0.39 is 28.7 Å². The lowest BCUT2D eigenvalue weighted by Gasteiger charge is -2.15. The highest BCUT2D eigenvalue weighted by atomic mass is 16.6. The minimum absolute atomic E-state index is 0.000993. The zero-order chi connectivity index (χ0) is 16.6. The van der Waals surface area contributed by atoms with Crippen LogP contribution in [0.3, 0.4) is 0 Å². The molecule has 2 aromatic rings. The Kier molecular flexibility index (Phi) is 3.78. The molecule has 2 unspecified atom stereocenters. The highest BCUT2D eigenvalue weighted by Crippen LogP contribution is 2.20. The Morgan fingerprint density at radius 2 is 1.73 bits per heavy atom. The first-order chi connectivity index (χ1) is 10.3. The fraction of sp³-hybridized carbons (Fsp3) is 0.250. The lowest BCUT2D eigenvalue weighted by atomic mass is 10.1. The third kappa shape index (κ3) is 2.24. The van der Waals surface area contributed by atoms with E-state index in [9.17, 15) is 30.4 Å². The fourth-order valence-electron chi connectivity index (χ4n) is 2.19. The second-order valence-electron chi connectivity index (χ2n) is 4.56. The van der Waals surface area contributed by atoms with Gasteiger partial charge in [0.2, 0.25) is 6.10 Å². The van der Waals surface area contributed by atoms with Crippen molar-refractivity contribution in [1.82, 2.24) is 0 Å². The first kappa shape index (κ1) is 15.4. The highest BCUT2D eigenvalue weighted by Gasteiger charge is 2.46. The maximum atomic E-state index is 12.3. The Hall–Kier alpha value is -3.01. The van der Waals surface area contributed by atoms with Crippen molar-refractivity contribution in [2.24, 2.45) is 0 Å². The van der Waals surface area contributed by atoms with Gasteiger partial charge in [-0.05, 0) is 0 Å². The van der Waals surface area contributed by atoms with Gasteiger partial charge >= 0.3 is 12.0 Å². The molecule has 0 aliphatic heterocycles.